The molecular weight excluding hydrogens is 275 g/mol. The van der Waals surface area contributed by atoms with Gasteiger partial charge in [0, 0.05) is 29.9 Å². The van der Waals surface area contributed by atoms with Crippen molar-refractivity contribution in [3.63, 3.8) is 0 Å². The van der Waals surface area contributed by atoms with E-state index in [1.54, 1.807) is 0 Å². The molecule has 4 nitrogen and oxygen atoms in total. The maximum atomic E-state index is 9.46. The van der Waals surface area contributed by atoms with Crippen LogP contribution in [0, 0.1) is 0 Å². The Morgan fingerprint density at radius 2 is 1.94 bits per heavy atom. The molecule has 0 amide bonds. The highest BCUT2D eigenvalue weighted by molar-refractivity contribution is 6.38. The molecule has 0 aliphatic carbocycles. The van der Waals surface area contributed by atoms with Crippen LogP contribution in [0.5, 0.6) is 0 Å². The zero-order chi connectivity index (χ0) is 13.1. The van der Waals surface area contributed by atoms with Gasteiger partial charge in [0.25, 0.3) is 0 Å². The normalized spacial score (nSPS) is 10.9. The van der Waals surface area contributed by atoms with E-state index in [1.165, 1.54) is 12.4 Å². The van der Waals surface area contributed by atoms with Crippen LogP contribution in [0.4, 0.5) is 0 Å². The Morgan fingerprint density at radius 3 is 2.50 bits per heavy atom. The molecule has 0 radical (unpaired) electrons. The van der Waals surface area contributed by atoms with Crippen LogP contribution in [0.1, 0.15) is 24.7 Å². The zero-order valence-corrected chi connectivity index (χ0v) is 11.3. The van der Waals surface area contributed by atoms with Crippen LogP contribution in [0.3, 0.4) is 0 Å². The second kappa shape index (κ2) is 5.69. The minimum absolute atomic E-state index is 0.164. The maximum Gasteiger partial charge on any atom is 0.142 e. The summed E-state index contributed by atoms with van der Waals surface area (Å²) in [5.74, 6) is 0.666. The first-order valence-electron chi connectivity index (χ1n) is 5.56. The molecule has 0 bridgehead atoms. The number of pyridine rings is 1. The standard InChI is InChI=1S/C12H12Cl2N2O2/c1-2-3-10-7(6-17)12(16-18-10)11-8(13)4-15-5-9(11)14/h4-5,17H,2-3,6H2,1H3. The van der Waals surface area contributed by atoms with Crippen molar-refractivity contribution >= 4 is 23.2 Å². The quantitative estimate of drug-likeness (QED) is 0.935. The molecule has 0 spiro atoms. The van der Waals surface area contributed by atoms with Gasteiger partial charge < -0.3 is 9.63 Å². The fourth-order valence-electron chi connectivity index (χ4n) is 1.76. The molecular formula is C12H12Cl2N2O2. The average molecular weight is 287 g/mol. The van der Waals surface area contributed by atoms with Gasteiger partial charge in [0.2, 0.25) is 0 Å². The van der Waals surface area contributed by atoms with E-state index < -0.39 is 0 Å². The number of aliphatic hydroxyl groups excluding tert-OH is 1. The first-order chi connectivity index (χ1) is 8.69. The third kappa shape index (κ3) is 2.36. The summed E-state index contributed by atoms with van der Waals surface area (Å²) in [7, 11) is 0. The third-order valence-corrected chi connectivity index (χ3v) is 3.17. The first kappa shape index (κ1) is 13.3. The van der Waals surface area contributed by atoms with Gasteiger partial charge in [-0.2, -0.15) is 0 Å². The molecule has 96 valence electrons. The lowest BCUT2D eigenvalue weighted by molar-refractivity contribution is 0.277. The van der Waals surface area contributed by atoms with Crippen LogP contribution >= 0.6 is 23.2 Å². The van der Waals surface area contributed by atoms with E-state index in [2.05, 4.69) is 10.1 Å². The molecule has 2 aromatic rings. The molecule has 18 heavy (non-hydrogen) atoms. The number of hydrogen-bond donors (Lipinski definition) is 1. The molecule has 2 aromatic heterocycles. The van der Waals surface area contributed by atoms with Crippen molar-refractivity contribution in [2.45, 2.75) is 26.4 Å². The summed E-state index contributed by atoms with van der Waals surface area (Å²) in [4.78, 5) is 3.88. The highest BCUT2D eigenvalue weighted by Crippen LogP contribution is 2.36. The van der Waals surface area contributed by atoms with Gasteiger partial charge in [-0.1, -0.05) is 35.3 Å². The molecule has 0 fully saturated rings. The Morgan fingerprint density at radius 1 is 1.28 bits per heavy atom. The van der Waals surface area contributed by atoms with E-state index in [0.717, 1.165) is 6.42 Å². The number of aryl methyl sites for hydroxylation is 1. The summed E-state index contributed by atoms with van der Waals surface area (Å²) in [5, 5.41) is 14.2. The lowest BCUT2D eigenvalue weighted by Crippen LogP contribution is -1.93. The monoisotopic (exact) mass is 286 g/mol. The Hall–Kier alpha value is -1.10. The van der Waals surface area contributed by atoms with Gasteiger partial charge in [-0.15, -0.1) is 0 Å². The molecule has 0 aromatic carbocycles. The van der Waals surface area contributed by atoms with Crippen LogP contribution in [-0.2, 0) is 13.0 Å². The van der Waals surface area contributed by atoms with E-state index in [9.17, 15) is 5.11 Å². The van der Waals surface area contributed by atoms with Gasteiger partial charge in [-0.3, -0.25) is 4.98 Å². The summed E-state index contributed by atoms with van der Waals surface area (Å²) in [6.07, 6.45) is 4.58. The van der Waals surface area contributed by atoms with Crippen molar-refractivity contribution in [3.8, 4) is 11.3 Å². The second-order valence-corrected chi connectivity index (χ2v) is 4.63. The summed E-state index contributed by atoms with van der Waals surface area (Å²) in [6.45, 7) is 1.86. The summed E-state index contributed by atoms with van der Waals surface area (Å²) in [5.41, 5.74) is 1.66. The topological polar surface area (TPSA) is 59.2 Å². The van der Waals surface area contributed by atoms with E-state index in [-0.39, 0.29) is 6.61 Å². The van der Waals surface area contributed by atoms with Gasteiger partial charge >= 0.3 is 0 Å². The Bertz CT molecular complexity index is 535. The molecule has 0 aliphatic rings. The number of halogens is 2. The SMILES string of the molecule is CCCc1onc(-c2c(Cl)cncc2Cl)c1CO. The van der Waals surface area contributed by atoms with E-state index in [1.807, 2.05) is 6.92 Å². The minimum Gasteiger partial charge on any atom is -0.391 e. The molecule has 0 unspecified atom stereocenters. The number of rotatable bonds is 4. The highest BCUT2D eigenvalue weighted by atomic mass is 35.5. The fraction of sp³-hybridized carbons (Fsp3) is 0.333. The summed E-state index contributed by atoms with van der Waals surface area (Å²) >= 11 is 12.1. The minimum atomic E-state index is -0.164. The molecule has 0 aliphatic heterocycles. The van der Waals surface area contributed by atoms with E-state index in [4.69, 9.17) is 27.7 Å². The van der Waals surface area contributed by atoms with Crippen molar-refractivity contribution in [2.75, 3.05) is 0 Å². The largest absolute Gasteiger partial charge is 0.391 e. The lowest BCUT2D eigenvalue weighted by atomic mass is 10.1. The first-order valence-corrected chi connectivity index (χ1v) is 6.32. The zero-order valence-electron chi connectivity index (χ0n) is 9.78. The Kier molecular flexibility index (Phi) is 4.22. The number of hydrogen-bond acceptors (Lipinski definition) is 4. The van der Waals surface area contributed by atoms with Gasteiger partial charge in [-0.25, -0.2) is 0 Å². The predicted molar refractivity (Wildman–Crippen MR) is 69.7 cm³/mol. The van der Waals surface area contributed by atoms with E-state index >= 15 is 0 Å². The van der Waals surface area contributed by atoms with Crippen molar-refractivity contribution in [3.05, 3.63) is 33.8 Å². The highest BCUT2D eigenvalue weighted by Gasteiger charge is 2.20. The summed E-state index contributed by atoms with van der Waals surface area (Å²) in [6, 6.07) is 0. The molecule has 2 rings (SSSR count). The van der Waals surface area contributed by atoms with Crippen molar-refractivity contribution in [2.24, 2.45) is 0 Å². The van der Waals surface area contributed by atoms with Crippen LogP contribution in [0.15, 0.2) is 16.9 Å². The van der Waals surface area contributed by atoms with Crippen molar-refractivity contribution < 1.29 is 9.63 Å². The predicted octanol–water partition coefficient (Wildman–Crippen LogP) is 3.49. The maximum absolute atomic E-state index is 9.46. The average Bonchev–Trinajstić information content (AvgIpc) is 2.72. The fourth-order valence-corrected chi connectivity index (χ4v) is 2.31. The van der Waals surface area contributed by atoms with Crippen LogP contribution in [-0.4, -0.2) is 15.2 Å². The van der Waals surface area contributed by atoms with Gasteiger partial charge in [0.05, 0.1) is 16.7 Å². The molecule has 0 atom stereocenters. The number of aliphatic hydroxyl groups is 1. The molecule has 1 N–H and O–H groups in total. The molecule has 0 saturated heterocycles. The smallest absolute Gasteiger partial charge is 0.142 e. The summed E-state index contributed by atoms with van der Waals surface area (Å²) < 4.78 is 5.24. The lowest BCUT2D eigenvalue weighted by Gasteiger charge is -2.04. The van der Waals surface area contributed by atoms with Gasteiger partial charge in [0.15, 0.2) is 0 Å². The van der Waals surface area contributed by atoms with E-state index in [0.29, 0.717) is 39.0 Å². The Balaban J connectivity index is 2.57. The number of aromatic nitrogens is 2. The Labute approximate surface area is 115 Å². The number of nitrogens with zero attached hydrogens (tertiary/aromatic N) is 2. The molecule has 6 heteroatoms. The third-order valence-electron chi connectivity index (χ3n) is 2.59. The molecule has 0 saturated carbocycles. The van der Waals surface area contributed by atoms with Crippen molar-refractivity contribution in [1.29, 1.82) is 0 Å². The van der Waals surface area contributed by atoms with Crippen molar-refractivity contribution in [1.82, 2.24) is 10.1 Å². The van der Waals surface area contributed by atoms with Crippen LogP contribution in [0.2, 0.25) is 10.0 Å². The second-order valence-electron chi connectivity index (χ2n) is 3.82. The van der Waals surface area contributed by atoms with Crippen LogP contribution in [0.25, 0.3) is 11.3 Å². The van der Waals surface area contributed by atoms with Gasteiger partial charge in [0.1, 0.15) is 11.5 Å². The van der Waals surface area contributed by atoms with Crippen LogP contribution < -0.4 is 0 Å². The van der Waals surface area contributed by atoms with Gasteiger partial charge in [-0.05, 0) is 6.42 Å². The molecule has 2 heterocycles.